The number of aromatic nitrogens is 2. The Morgan fingerprint density at radius 3 is 2.47 bits per heavy atom. The second kappa shape index (κ2) is 4.53. The average Bonchev–Trinajstić information content (AvgIpc) is 2.71. The molecule has 0 fully saturated rings. The summed E-state index contributed by atoms with van der Waals surface area (Å²) in [6.45, 7) is 4.04. The molecule has 0 aliphatic carbocycles. The first-order valence-electron chi connectivity index (χ1n) is 5.76. The summed E-state index contributed by atoms with van der Waals surface area (Å²) in [5.74, 6) is 0.0275. The molecule has 3 heteroatoms. The highest BCUT2D eigenvalue weighted by atomic mass is 16.1. The van der Waals surface area contributed by atoms with Crippen LogP contribution >= 0.6 is 0 Å². The smallest absolute Gasteiger partial charge is 0.211 e. The van der Waals surface area contributed by atoms with E-state index in [1.807, 2.05) is 44.2 Å². The number of nitrogens with zero attached hydrogens (tertiary/aromatic N) is 2. The van der Waals surface area contributed by atoms with Gasteiger partial charge >= 0.3 is 0 Å². The van der Waals surface area contributed by atoms with Gasteiger partial charge in [0.2, 0.25) is 5.78 Å². The van der Waals surface area contributed by atoms with Gasteiger partial charge in [-0.05, 0) is 19.4 Å². The lowest BCUT2D eigenvalue weighted by Gasteiger charge is -2.01. The molecular weight excluding hydrogens is 212 g/mol. The predicted octanol–water partition coefficient (Wildman–Crippen LogP) is 2.52. The highest BCUT2D eigenvalue weighted by molar-refractivity contribution is 6.07. The molecule has 1 aromatic carbocycles. The summed E-state index contributed by atoms with van der Waals surface area (Å²) in [4.78, 5) is 12.2. The molecule has 0 N–H and O–H groups in total. The number of carbonyl (C=O) groups is 1. The van der Waals surface area contributed by atoms with Gasteiger partial charge in [-0.2, -0.15) is 5.10 Å². The molecule has 1 heterocycles. The number of rotatable bonds is 3. The molecule has 2 rings (SSSR count). The summed E-state index contributed by atoms with van der Waals surface area (Å²) in [5.41, 5.74) is 3.45. The van der Waals surface area contributed by atoms with Crippen LogP contribution in [0.3, 0.4) is 0 Å². The fraction of sp³-hybridized carbons (Fsp3) is 0.286. The zero-order valence-electron chi connectivity index (χ0n) is 10.4. The molecule has 0 bridgehead atoms. The van der Waals surface area contributed by atoms with Gasteiger partial charge in [-0.25, -0.2) is 0 Å². The normalized spacial score (nSPS) is 10.5. The van der Waals surface area contributed by atoms with E-state index in [0.717, 1.165) is 17.7 Å². The van der Waals surface area contributed by atoms with Gasteiger partial charge in [0.15, 0.2) is 0 Å². The van der Waals surface area contributed by atoms with Crippen LogP contribution in [0.15, 0.2) is 30.3 Å². The van der Waals surface area contributed by atoms with Crippen molar-refractivity contribution in [2.24, 2.45) is 7.05 Å². The first-order valence-corrected chi connectivity index (χ1v) is 5.76. The van der Waals surface area contributed by atoms with E-state index in [9.17, 15) is 4.79 Å². The lowest BCUT2D eigenvalue weighted by Crippen LogP contribution is -2.08. The minimum atomic E-state index is 0.0275. The molecule has 0 unspecified atom stereocenters. The van der Waals surface area contributed by atoms with Crippen molar-refractivity contribution in [1.29, 1.82) is 0 Å². The van der Waals surface area contributed by atoms with Gasteiger partial charge in [-0.3, -0.25) is 9.48 Å². The Hall–Kier alpha value is -1.90. The molecular formula is C14H16N2O. The molecule has 0 amide bonds. The van der Waals surface area contributed by atoms with Crippen LogP contribution in [0.1, 0.15) is 34.2 Å². The maximum Gasteiger partial charge on any atom is 0.211 e. The van der Waals surface area contributed by atoms with Gasteiger partial charge in [-0.15, -0.1) is 0 Å². The van der Waals surface area contributed by atoms with Crippen molar-refractivity contribution in [3.8, 4) is 0 Å². The van der Waals surface area contributed by atoms with Crippen molar-refractivity contribution < 1.29 is 4.79 Å². The van der Waals surface area contributed by atoms with E-state index >= 15 is 0 Å². The fourth-order valence-corrected chi connectivity index (χ4v) is 1.76. The lowest BCUT2D eigenvalue weighted by molar-refractivity contribution is 0.103. The molecule has 3 nitrogen and oxygen atoms in total. The van der Waals surface area contributed by atoms with Crippen molar-refractivity contribution in [2.75, 3.05) is 0 Å². The number of benzene rings is 1. The Morgan fingerprint density at radius 1 is 1.29 bits per heavy atom. The van der Waals surface area contributed by atoms with Crippen LogP contribution in [-0.2, 0) is 13.5 Å². The van der Waals surface area contributed by atoms with Crippen molar-refractivity contribution in [3.05, 3.63) is 52.8 Å². The average molecular weight is 228 g/mol. The van der Waals surface area contributed by atoms with E-state index in [1.54, 1.807) is 11.7 Å². The molecule has 2 aromatic rings. The SMILES string of the molecule is CCc1cc(C(=O)c2ccc(C)cc2)n(C)n1. The molecule has 0 saturated carbocycles. The number of aryl methyl sites for hydroxylation is 3. The Labute approximate surface area is 101 Å². The van der Waals surface area contributed by atoms with Crippen LogP contribution in [0, 0.1) is 6.92 Å². The van der Waals surface area contributed by atoms with Crippen LogP contribution in [0.25, 0.3) is 0 Å². The first-order chi connectivity index (χ1) is 8.11. The Bertz CT molecular complexity index is 538. The quantitative estimate of drug-likeness (QED) is 0.757. The van der Waals surface area contributed by atoms with Crippen LogP contribution in [-0.4, -0.2) is 15.6 Å². The number of hydrogen-bond acceptors (Lipinski definition) is 2. The Balaban J connectivity index is 2.36. The largest absolute Gasteiger partial charge is 0.287 e. The highest BCUT2D eigenvalue weighted by Gasteiger charge is 2.14. The Morgan fingerprint density at radius 2 is 1.94 bits per heavy atom. The second-order valence-corrected chi connectivity index (χ2v) is 4.19. The lowest BCUT2D eigenvalue weighted by atomic mass is 10.1. The monoisotopic (exact) mass is 228 g/mol. The van der Waals surface area contributed by atoms with Crippen LogP contribution in [0.5, 0.6) is 0 Å². The van der Waals surface area contributed by atoms with E-state index in [4.69, 9.17) is 0 Å². The summed E-state index contributed by atoms with van der Waals surface area (Å²) >= 11 is 0. The molecule has 1 aromatic heterocycles. The van der Waals surface area contributed by atoms with Crippen molar-refractivity contribution in [2.45, 2.75) is 20.3 Å². The molecule has 0 aliphatic rings. The zero-order chi connectivity index (χ0) is 12.4. The predicted molar refractivity (Wildman–Crippen MR) is 67.2 cm³/mol. The summed E-state index contributed by atoms with van der Waals surface area (Å²) < 4.78 is 1.65. The minimum Gasteiger partial charge on any atom is -0.287 e. The van der Waals surface area contributed by atoms with E-state index in [2.05, 4.69) is 5.10 Å². The van der Waals surface area contributed by atoms with E-state index in [1.165, 1.54) is 0 Å². The zero-order valence-corrected chi connectivity index (χ0v) is 10.4. The van der Waals surface area contributed by atoms with Gasteiger partial charge in [0.25, 0.3) is 0 Å². The van der Waals surface area contributed by atoms with Gasteiger partial charge in [0, 0.05) is 12.6 Å². The molecule has 0 atom stereocenters. The minimum absolute atomic E-state index is 0.0275. The summed E-state index contributed by atoms with van der Waals surface area (Å²) in [6, 6.07) is 9.48. The third-order valence-corrected chi connectivity index (χ3v) is 2.84. The molecule has 17 heavy (non-hydrogen) atoms. The number of carbonyl (C=O) groups excluding carboxylic acids is 1. The third-order valence-electron chi connectivity index (χ3n) is 2.84. The summed E-state index contributed by atoms with van der Waals surface area (Å²) in [6.07, 6.45) is 0.842. The maximum absolute atomic E-state index is 12.2. The topological polar surface area (TPSA) is 34.9 Å². The Kier molecular flexibility index (Phi) is 3.09. The molecule has 0 spiro atoms. The fourth-order valence-electron chi connectivity index (χ4n) is 1.76. The van der Waals surface area contributed by atoms with Gasteiger partial charge in [0.1, 0.15) is 5.69 Å². The first kappa shape index (κ1) is 11.6. The van der Waals surface area contributed by atoms with Crippen LogP contribution < -0.4 is 0 Å². The number of hydrogen-bond donors (Lipinski definition) is 0. The van der Waals surface area contributed by atoms with Gasteiger partial charge in [-0.1, -0.05) is 36.8 Å². The van der Waals surface area contributed by atoms with E-state index in [0.29, 0.717) is 11.3 Å². The van der Waals surface area contributed by atoms with Crippen LogP contribution in [0.2, 0.25) is 0 Å². The molecule has 88 valence electrons. The maximum atomic E-state index is 12.2. The highest BCUT2D eigenvalue weighted by Crippen LogP contribution is 2.12. The van der Waals surface area contributed by atoms with Gasteiger partial charge in [0.05, 0.1) is 5.69 Å². The van der Waals surface area contributed by atoms with Crippen molar-refractivity contribution in [1.82, 2.24) is 9.78 Å². The molecule has 0 radical (unpaired) electrons. The van der Waals surface area contributed by atoms with Gasteiger partial charge < -0.3 is 0 Å². The van der Waals surface area contributed by atoms with Crippen LogP contribution in [0.4, 0.5) is 0 Å². The van der Waals surface area contributed by atoms with Crippen molar-refractivity contribution in [3.63, 3.8) is 0 Å². The van der Waals surface area contributed by atoms with E-state index < -0.39 is 0 Å². The molecule has 0 saturated heterocycles. The van der Waals surface area contributed by atoms with Crippen molar-refractivity contribution >= 4 is 5.78 Å². The molecule has 0 aliphatic heterocycles. The van der Waals surface area contributed by atoms with E-state index in [-0.39, 0.29) is 5.78 Å². The summed E-state index contributed by atoms with van der Waals surface area (Å²) in [5, 5.41) is 4.29. The second-order valence-electron chi connectivity index (χ2n) is 4.19. The third kappa shape index (κ3) is 2.28. The standard InChI is InChI=1S/C14H16N2O/c1-4-12-9-13(16(3)15-12)14(17)11-7-5-10(2)6-8-11/h5-9H,4H2,1-3H3. The number of ketones is 1. The summed E-state index contributed by atoms with van der Waals surface area (Å²) in [7, 11) is 1.81.